The number of benzene rings is 1. The molecule has 98 valence electrons. The second-order valence-electron chi connectivity index (χ2n) is 5.66. The van der Waals surface area contributed by atoms with Crippen molar-refractivity contribution in [1.29, 1.82) is 0 Å². The van der Waals surface area contributed by atoms with Crippen molar-refractivity contribution in [3.8, 4) is 0 Å². The summed E-state index contributed by atoms with van der Waals surface area (Å²) in [6.45, 7) is 4.62. The smallest absolute Gasteiger partial charge is 0.0338 e. The van der Waals surface area contributed by atoms with Crippen LogP contribution < -0.4 is 5.32 Å². The van der Waals surface area contributed by atoms with E-state index < -0.39 is 0 Å². The number of hydrogen-bond acceptors (Lipinski definition) is 2. The molecule has 0 unspecified atom stereocenters. The molecule has 18 heavy (non-hydrogen) atoms. The predicted molar refractivity (Wildman–Crippen MR) is 78.6 cm³/mol. The summed E-state index contributed by atoms with van der Waals surface area (Å²) in [5.41, 5.74) is 1.89. The van der Waals surface area contributed by atoms with E-state index in [4.69, 9.17) is 0 Å². The molecule has 1 N–H and O–H groups in total. The third kappa shape index (κ3) is 2.49. The molecule has 1 aromatic carbocycles. The normalized spacial score (nSPS) is 23.6. The second-order valence-corrected chi connectivity index (χ2v) is 6.57. The lowest BCUT2D eigenvalue weighted by Gasteiger charge is -2.45. The van der Waals surface area contributed by atoms with Gasteiger partial charge in [-0.2, -0.15) is 0 Å². The van der Waals surface area contributed by atoms with Crippen LogP contribution in [0.25, 0.3) is 0 Å². The quantitative estimate of drug-likeness (QED) is 0.903. The average Bonchev–Trinajstić information content (AvgIpc) is 2.84. The molecule has 1 saturated heterocycles. The van der Waals surface area contributed by atoms with Crippen molar-refractivity contribution < 1.29 is 0 Å². The van der Waals surface area contributed by atoms with E-state index in [1.807, 2.05) is 0 Å². The summed E-state index contributed by atoms with van der Waals surface area (Å²) in [6, 6.07) is 8.79. The summed E-state index contributed by atoms with van der Waals surface area (Å²) in [5, 5.41) is 3.59. The van der Waals surface area contributed by atoms with Gasteiger partial charge in [0.2, 0.25) is 0 Å². The molecule has 0 aromatic heterocycles. The molecule has 1 saturated carbocycles. The van der Waals surface area contributed by atoms with Gasteiger partial charge >= 0.3 is 0 Å². The molecule has 0 atom stereocenters. The number of rotatable bonds is 2. The van der Waals surface area contributed by atoms with Gasteiger partial charge in [-0.25, -0.2) is 0 Å². The van der Waals surface area contributed by atoms with Crippen LogP contribution in [-0.4, -0.2) is 30.1 Å². The van der Waals surface area contributed by atoms with Gasteiger partial charge in [-0.15, -0.1) is 0 Å². The molecular formula is C15H21BrN2. The maximum Gasteiger partial charge on any atom is 0.0338 e. The van der Waals surface area contributed by atoms with Crippen LogP contribution in [0.4, 0.5) is 0 Å². The van der Waals surface area contributed by atoms with Gasteiger partial charge in [-0.3, -0.25) is 4.90 Å². The third-order valence-electron chi connectivity index (χ3n) is 4.50. The van der Waals surface area contributed by atoms with E-state index in [9.17, 15) is 0 Å². The van der Waals surface area contributed by atoms with Gasteiger partial charge in [0, 0.05) is 36.2 Å². The first-order valence-corrected chi connectivity index (χ1v) is 7.78. The first-order valence-electron chi connectivity index (χ1n) is 6.99. The molecule has 3 rings (SSSR count). The Morgan fingerprint density at radius 2 is 1.89 bits per heavy atom. The molecule has 1 aliphatic heterocycles. The van der Waals surface area contributed by atoms with E-state index in [0.29, 0.717) is 5.54 Å². The SMILES string of the molecule is Brc1ccc(CN2CCNCC23CCCC3)cc1. The fourth-order valence-corrected chi connectivity index (χ4v) is 3.73. The number of nitrogens with one attached hydrogen (secondary N) is 1. The van der Waals surface area contributed by atoms with Gasteiger partial charge < -0.3 is 5.32 Å². The highest BCUT2D eigenvalue weighted by Gasteiger charge is 2.40. The summed E-state index contributed by atoms with van der Waals surface area (Å²) >= 11 is 3.51. The van der Waals surface area contributed by atoms with Gasteiger partial charge in [0.15, 0.2) is 0 Å². The molecule has 0 radical (unpaired) electrons. The molecule has 2 aliphatic rings. The summed E-state index contributed by atoms with van der Waals surface area (Å²) in [7, 11) is 0. The minimum atomic E-state index is 0.450. The Morgan fingerprint density at radius 3 is 2.61 bits per heavy atom. The van der Waals surface area contributed by atoms with E-state index in [1.54, 1.807) is 0 Å². The number of piperazine rings is 1. The molecule has 2 nitrogen and oxygen atoms in total. The van der Waals surface area contributed by atoms with E-state index in [-0.39, 0.29) is 0 Å². The van der Waals surface area contributed by atoms with Crippen molar-refractivity contribution in [2.75, 3.05) is 19.6 Å². The summed E-state index contributed by atoms with van der Waals surface area (Å²) in [4.78, 5) is 2.72. The maximum atomic E-state index is 3.59. The molecule has 3 heteroatoms. The first kappa shape index (κ1) is 12.6. The van der Waals surface area contributed by atoms with E-state index in [2.05, 4.69) is 50.4 Å². The first-order chi connectivity index (χ1) is 8.78. The highest BCUT2D eigenvalue weighted by atomic mass is 79.9. The molecule has 2 fully saturated rings. The highest BCUT2D eigenvalue weighted by Crippen LogP contribution is 2.36. The zero-order valence-corrected chi connectivity index (χ0v) is 12.4. The summed E-state index contributed by atoms with van der Waals surface area (Å²) in [6.07, 6.45) is 5.55. The zero-order chi connectivity index (χ0) is 12.4. The molecule has 1 heterocycles. The molecular weight excluding hydrogens is 288 g/mol. The lowest BCUT2D eigenvalue weighted by Crippen LogP contribution is -2.59. The van der Waals surface area contributed by atoms with Gasteiger partial charge in [0.1, 0.15) is 0 Å². The van der Waals surface area contributed by atoms with Crippen molar-refractivity contribution in [3.63, 3.8) is 0 Å². The Morgan fingerprint density at radius 1 is 1.17 bits per heavy atom. The molecule has 0 amide bonds. The third-order valence-corrected chi connectivity index (χ3v) is 5.03. The largest absolute Gasteiger partial charge is 0.314 e. The molecule has 1 spiro atoms. The number of nitrogens with zero attached hydrogens (tertiary/aromatic N) is 1. The Hall–Kier alpha value is -0.380. The molecule has 0 bridgehead atoms. The lowest BCUT2D eigenvalue weighted by atomic mass is 9.92. The molecule has 1 aliphatic carbocycles. The molecule has 1 aromatic rings. The van der Waals surface area contributed by atoms with Gasteiger partial charge in [0.05, 0.1) is 0 Å². The lowest BCUT2D eigenvalue weighted by molar-refractivity contribution is 0.0573. The topological polar surface area (TPSA) is 15.3 Å². The Balaban J connectivity index is 1.75. The minimum absolute atomic E-state index is 0.450. The Kier molecular flexibility index (Phi) is 3.73. The van der Waals surface area contributed by atoms with E-state index >= 15 is 0 Å². The summed E-state index contributed by atoms with van der Waals surface area (Å²) in [5.74, 6) is 0. The predicted octanol–water partition coefficient (Wildman–Crippen LogP) is 3.17. The van der Waals surface area contributed by atoms with Crippen LogP contribution in [0.3, 0.4) is 0 Å². The van der Waals surface area contributed by atoms with E-state index in [1.165, 1.54) is 48.8 Å². The van der Waals surface area contributed by atoms with Crippen molar-refractivity contribution in [1.82, 2.24) is 10.2 Å². The highest BCUT2D eigenvalue weighted by molar-refractivity contribution is 9.10. The van der Waals surface area contributed by atoms with Crippen LogP contribution in [0.15, 0.2) is 28.7 Å². The minimum Gasteiger partial charge on any atom is -0.314 e. The van der Waals surface area contributed by atoms with Crippen molar-refractivity contribution in [2.45, 2.75) is 37.8 Å². The van der Waals surface area contributed by atoms with Gasteiger partial charge in [-0.05, 0) is 30.5 Å². The van der Waals surface area contributed by atoms with Crippen LogP contribution in [0.1, 0.15) is 31.2 Å². The van der Waals surface area contributed by atoms with Crippen molar-refractivity contribution in [3.05, 3.63) is 34.3 Å². The van der Waals surface area contributed by atoms with Gasteiger partial charge in [0.25, 0.3) is 0 Å². The van der Waals surface area contributed by atoms with Crippen LogP contribution in [-0.2, 0) is 6.54 Å². The van der Waals surface area contributed by atoms with Crippen LogP contribution >= 0.6 is 15.9 Å². The van der Waals surface area contributed by atoms with Crippen LogP contribution in [0.2, 0.25) is 0 Å². The van der Waals surface area contributed by atoms with Gasteiger partial charge in [-0.1, -0.05) is 40.9 Å². The van der Waals surface area contributed by atoms with Crippen molar-refractivity contribution >= 4 is 15.9 Å². The number of hydrogen-bond donors (Lipinski definition) is 1. The van der Waals surface area contributed by atoms with Crippen molar-refractivity contribution in [2.24, 2.45) is 0 Å². The second kappa shape index (κ2) is 5.32. The summed E-state index contributed by atoms with van der Waals surface area (Å²) < 4.78 is 1.17. The Bertz CT molecular complexity index is 395. The maximum absolute atomic E-state index is 3.59. The zero-order valence-electron chi connectivity index (χ0n) is 10.8. The number of halogens is 1. The standard InChI is InChI=1S/C15H21BrN2/c16-14-5-3-13(4-6-14)11-18-10-9-17-12-15(18)7-1-2-8-15/h3-6,17H,1-2,7-12H2. The fraction of sp³-hybridized carbons (Fsp3) is 0.600. The van der Waals surface area contributed by atoms with E-state index in [0.717, 1.165) is 13.1 Å². The van der Waals surface area contributed by atoms with Crippen LogP contribution in [0, 0.1) is 0 Å². The fourth-order valence-electron chi connectivity index (χ4n) is 3.47. The van der Waals surface area contributed by atoms with Crippen LogP contribution in [0.5, 0.6) is 0 Å². The average molecular weight is 309 g/mol. The Labute approximate surface area is 118 Å². The monoisotopic (exact) mass is 308 g/mol.